The third kappa shape index (κ3) is 6.50. The lowest BCUT2D eigenvalue weighted by Gasteiger charge is -2.30. The summed E-state index contributed by atoms with van der Waals surface area (Å²) in [6.45, 7) is 9.04. The van der Waals surface area contributed by atoms with Gasteiger partial charge in [0, 0.05) is 30.0 Å². The average Bonchev–Trinajstić information content (AvgIpc) is 2.86. The number of likely N-dealkylation sites (tertiary alicyclic amines) is 1. The fourth-order valence-electron chi connectivity index (χ4n) is 4.56. The van der Waals surface area contributed by atoms with Gasteiger partial charge < -0.3 is 24.1 Å². The zero-order valence-corrected chi connectivity index (χ0v) is 22.6. The van der Waals surface area contributed by atoms with Gasteiger partial charge in [-0.3, -0.25) is 9.59 Å². The SMILES string of the molecule is CC(=O)Oc1ccc(C(=O)Nc2cc3ccc(OC4CCCN(C)C4)c(C)c3oc2=O)cc1CC=C(C)C. The summed E-state index contributed by atoms with van der Waals surface area (Å²) in [6, 6.07) is 10.1. The van der Waals surface area contributed by atoms with Crippen molar-refractivity contribution in [3.05, 3.63) is 75.2 Å². The molecule has 1 fully saturated rings. The van der Waals surface area contributed by atoms with Crippen LogP contribution in [0.3, 0.4) is 0 Å². The molecule has 1 N–H and O–H groups in total. The second-order valence-corrected chi connectivity index (χ2v) is 10.1. The number of aryl methyl sites for hydroxylation is 1. The lowest BCUT2D eigenvalue weighted by molar-refractivity contribution is -0.131. The number of nitrogens with zero attached hydrogens (tertiary/aromatic N) is 1. The van der Waals surface area contributed by atoms with Gasteiger partial charge in [-0.25, -0.2) is 4.79 Å². The molecule has 2 heterocycles. The summed E-state index contributed by atoms with van der Waals surface area (Å²) in [7, 11) is 2.08. The quantitative estimate of drug-likeness (QED) is 0.197. The molecule has 2 aromatic carbocycles. The van der Waals surface area contributed by atoms with Crippen molar-refractivity contribution in [2.75, 3.05) is 25.5 Å². The smallest absolute Gasteiger partial charge is 0.360 e. The largest absolute Gasteiger partial charge is 0.489 e. The molecule has 0 saturated carbocycles. The molecule has 4 rings (SSSR count). The van der Waals surface area contributed by atoms with Crippen molar-refractivity contribution in [1.82, 2.24) is 4.90 Å². The second-order valence-electron chi connectivity index (χ2n) is 10.1. The summed E-state index contributed by atoms with van der Waals surface area (Å²) in [5, 5.41) is 3.35. The van der Waals surface area contributed by atoms with Gasteiger partial charge in [0.05, 0.1) is 0 Å². The molecule has 1 atom stereocenters. The third-order valence-corrected chi connectivity index (χ3v) is 6.53. The van der Waals surface area contributed by atoms with E-state index in [1.165, 1.54) is 6.92 Å². The molecule has 3 aromatic rings. The van der Waals surface area contributed by atoms with Crippen LogP contribution in [0.25, 0.3) is 11.0 Å². The molecule has 1 amide bonds. The highest BCUT2D eigenvalue weighted by Gasteiger charge is 2.21. The van der Waals surface area contributed by atoms with E-state index < -0.39 is 17.5 Å². The highest BCUT2D eigenvalue weighted by molar-refractivity contribution is 6.05. The van der Waals surface area contributed by atoms with Crippen LogP contribution in [0.4, 0.5) is 5.69 Å². The van der Waals surface area contributed by atoms with E-state index in [1.54, 1.807) is 24.3 Å². The molecule has 1 aromatic heterocycles. The van der Waals surface area contributed by atoms with E-state index in [4.69, 9.17) is 13.9 Å². The molecule has 1 unspecified atom stereocenters. The minimum atomic E-state index is -0.648. The third-order valence-electron chi connectivity index (χ3n) is 6.53. The minimum absolute atomic E-state index is 0.0411. The summed E-state index contributed by atoms with van der Waals surface area (Å²) in [5.74, 6) is 0.173. The number of hydrogen-bond donors (Lipinski definition) is 1. The second kappa shape index (κ2) is 11.6. The zero-order valence-electron chi connectivity index (χ0n) is 22.6. The number of anilines is 1. The van der Waals surface area contributed by atoms with Crippen LogP contribution in [0.2, 0.25) is 0 Å². The van der Waals surface area contributed by atoms with Crippen LogP contribution in [0, 0.1) is 6.92 Å². The molecule has 0 radical (unpaired) electrons. The van der Waals surface area contributed by atoms with E-state index in [-0.39, 0.29) is 11.8 Å². The summed E-state index contributed by atoms with van der Waals surface area (Å²) in [6.07, 6.45) is 4.62. The Kier molecular flexibility index (Phi) is 8.32. The number of carbonyl (C=O) groups excluding carboxylic acids is 2. The van der Waals surface area contributed by atoms with Gasteiger partial charge in [0.2, 0.25) is 0 Å². The average molecular weight is 519 g/mol. The van der Waals surface area contributed by atoms with E-state index in [0.717, 1.165) is 37.1 Å². The van der Waals surface area contributed by atoms with Crippen LogP contribution < -0.4 is 20.4 Å². The van der Waals surface area contributed by atoms with Crippen LogP contribution in [-0.2, 0) is 11.2 Å². The number of likely N-dealkylation sites (N-methyl/N-ethyl adjacent to an activating group) is 1. The highest BCUT2D eigenvalue weighted by Crippen LogP contribution is 2.30. The standard InChI is InChI=1S/C30H34N2O6/c1-18(2)8-9-21-15-23(11-13-27(21)36-20(4)33)29(34)31-25-16-22-10-12-26(19(3)28(22)38-30(25)35)37-24-7-6-14-32(5)17-24/h8,10-13,15-16,24H,6-7,9,14,17H2,1-5H3,(H,31,34). The molecule has 8 nitrogen and oxygen atoms in total. The number of allylic oxidation sites excluding steroid dienone is 2. The zero-order chi connectivity index (χ0) is 27.4. The number of ether oxygens (including phenoxy) is 2. The van der Waals surface area contributed by atoms with E-state index in [1.807, 2.05) is 39.0 Å². The van der Waals surface area contributed by atoms with Gasteiger partial charge in [-0.1, -0.05) is 11.6 Å². The van der Waals surface area contributed by atoms with E-state index >= 15 is 0 Å². The van der Waals surface area contributed by atoms with E-state index in [2.05, 4.69) is 17.3 Å². The van der Waals surface area contributed by atoms with Crippen LogP contribution in [0.5, 0.6) is 11.5 Å². The Balaban J connectivity index is 1.57. The van der Waals surface area contributed by atoms with Crippen molar-refractivity contribution in [1.29, 1.82) is 0 Å². The van der Waals surface area contributed by atoms with Gasteiger partial charge in [0.25, 0.3) is 5.91 Å². The number of amides is 1. The molecular formula is C30H34N2O6. The Morgan fingerprint density at radius 1 is 1.13 bits per heavy atom. The number of rotatable bonds is 7. The first kappa shape index (κ1) is 27.1. The first-order valence-corrected chi connectivity index (χ1v) is 12.8. The normalized spacial score (nSPS) is 15.7. The van der Waals surface area contributed by atoms with Gasteiger partial charge in [-0.05, 0) is 95.6 Å². The van der Waals surface area contributed by atoms with Crippen molar-refractivity contribution in [2.45, 2.75) is 53.1 Å². The monoisotopic (exact) mass is 518 g/mol. The maximum Gasteiger partial charge on any atom is 0.360 e. The Hall–Kier alpha value is -3.91. The van der Waals surface area contributed by atoms with Crippen molar-refractivity contribution in [2.24, 2.45) is 0 Å². The Morgan fingerprint density at radius 3 is 2.61 bits per heavy atom. The van der Waals surface area contributed by atoms with Crippen molar-refractivity contribution in [3.8, 4) is 11.5 Å². The molecule has 200 valence electrons. The molecule has 1 aliphatic heterocycles. The minimum Gasteiger partial charge on any atom is -0.489 e. The van der Waals surface area contributed by atoms with Crippen LogP contribution in [0.1, 0.15) is 55.1 Å². The first-order valence-electron chi connectivity index (χ1n) is 12.8. The van der Waals surface area contributed by atoms with Crippen LogP contribution in [0.15, 0.2) is 57.3 Å². The highest BCUT2D eigenvalue weighted by atomic mass is 16.5. The van der Waals surface area contributed by atoms with Crippen LogP contribution in [-0.4, -0.2) is 43.0 Å². The lowest BCUT2D eigenvalue weighted by atomic mass is 10.0. The predicted octanol–water partition coefficient (Wildman–Crippen LogP) is 5.26. The van der Waals surface area contributed by atoms with Crippen molar-refractivity contribution < 1.29 is 23.5 Å². The molecule has 38 heavy (non-hydrogen) atoms. The molecule has 1 saturated heterocycles. The van der Waals surface area contributed by atoms with Crippen molar-refractivity contribution in [3.63, 3.8) is 0 Å². The summed E-state index contributed by atoms with van der Waals surface area (Å²) in [5.41, 5.74) is 2.68. The van der Waals surface area contributed by atoms with Crippen LogP contribution >= 0.6 is 0 Å². The number of hydrogen-bond acceptors (Lipinski definition) is 7. The first-order chi connectivity index (χ1) is 18.1. The van der Waals surface area contributed by atoms with Gasteiger partial charge in [-0.2, -0.15) is 0 Å². The summed E-state index contributed by atoms with van der Waals surface area (Å²) < 4.78 is 17.2. The maximum atomic E-state index is 13.1. The number of fused-ring (bicyclic) bond motifs is 1. The molecule has 0 bridgehead atoms. The predicted molar refractivity (Wildman–Crippen MR) is 147 cm³/mol. The number of carbonyl (C=O) groups is 2. The van der Waals surface area contributed by atoms with E-state index in [9.17, 15) is 14.4 Å². The maximum absolute atomic E-state index is 13.1. The number of piperidine rings is 1. The Labute approximate surface area is 222 Å². The lowest BCUT2D eigenvalue weighted by Crippen LogP contribution is -2.38. The topological polar surface area (TPSA) is 98.1 Å². The molecule has 8 heteroatoms. The molecule has 0 spiro atoms. The molecule has 0 aliphatic carbocycles. The van der Waals surface area contributed by atoms with Gasteiger partial charge >= 0.3 is 11.6 Å². The summed E-state index contributed by atoms with van der Waals surface area (Å²) in [4.78, 5) is 39.6. The molecular weight excluding hydrogens is 484 g/mol. The molecule has 1 aliphatic rings. The fourth-order valence-corrected chi connectivity index (χ4v) is 4.56. The fraction of sp³-hybridized carbons (Fsp3) is 0.367. The van der Waals surface area contributed by atoms with Gasteiger partial charge in [0.15, 0.2) is 0 Å². The Bertz CT molecular complexity index is 1450. The van der Waals surface area contributed by atoms with Gasteiger partial charge in [-0.15, -0.1) is 0 Å². The summed E-state index contributed by atoms with van der Waals surface area (Å²) >= 11 is 0. The number of nitrogens with one attached hydrogen (secondary N) is 1. The Morgan fingerprint density at radius 2 is 1.89 bits per heavy atom. The van der Waals surface area contributed by atoms with Gasteiger partial charge in [0.1, 0.15) is 28.9 Å². The van der Waals surface area contributed by atoms with Crippen molar-refractivity contribution >= 4 is 28.5 Å². The van der Waals surface area contributed by atoms with E-state index in [0.29, 0.717) is 40.0 Å². The number of esters is 1. The number of benzene rings is 2.